The van der Waals surface area contributed by atoms with Crippen LogP contribution < -0.4 is 5.43 Å². The number of nitrogens with one attached hydrogen (secondary N) is 1. The van der Waals surface area contributed by atoms with Gasteiger partial charge in [0.25, 0.3) is 0 Å². The Morgan fingerprint density at radius 1 is 1.31 bits per heavy atom. The summed E-state index contributed by atoms with van der Waals surface area (Å²) in [6, 6.07) is 3.60. The Balaban J connectivity index is 1.90. The van der Waals surface area contributed by atoms with Gasteiger partial charge in [-0.2, -0.15) is 27.8 Å². The van der Waals surface area contributed by atoms with Crippen molar-refractivity contribution in [3.63, 3.8) is 0 Å². The zero-order chi connectivity index (χ0) is 18.7. The van der Waals surface area contributed by atoms with Gasteiger partial charge in [0.15, 0.2) is 10.8 Å². The fraction of sp³-hybridized carbons (Fsp3) is 0.200. The summed E-state index contributed by atoms with van der Waals surface area (Å²) in [6.45, 7) is 2.43. The molecule has 0 atom stereocenters. The number of nitrogens with zero attached hydrogens (tertiary/aromatic N) is 5. The summed E-state index contributed by atoms with van der Waals surface area (Å²) >= 11 is 0.848. The van der Waals surface area contributed by atoms with Crippen LogP contribution in [0.4, 0.5) is 23.5 Å². The van der Waals surface area contributed by atoms with Gasteiger partial charge in [-0.15, -0.1) is 11.3 Å². The summed E-state index contributed by atoms with van der Waals surface area (Å²) in [5.74, 6) is -0.327. The van der Waals surface area contributed by atoms with E-state index in [4.69, 9.17) is 0 Å². The lowest BCUT2D eigenvalue weighted by Crippen LogP contribution is -2.11. The third-order valence-electron chi connectivity index (χ3n) is 3.22. The van der Waals surface area contributed by atoms with E-state index < -0.39 is 17.0 Å². The molecule has 3 heterocycles. The number of halogens is 4. The molecule has 0 aromatic carbocycles. The molecule has 0 saturated heterocycles. The minimum atomic E-state index is -4.64. The Kier molecular flexibility index (Phi) is 4.98. The molecule has 0 radical (unpaired) electrons. The summed E-state index contributed by atoms with van der Waals surface area (Å²) in [5.41, 5.74) is 1.73. The van der Waals surface area contributed by atoms with Crippen molar-refractivity contribution in [2.24, 2.45) is 5.10 Å². The zero-order valence-corrected chi connectivity index (χ0v) is 14.1. The Labute approximate surface area is 149 Å². The van der Waals surface area contributed by atoms with E-state index >= 15 is 0 Å². The number of hydrogen-bond acceptors (Lipinski definition) is 6. The van der Waals surface area contributed by atoms with Gasteiger partial charge in [0, 0.05) is 18.3 Å². The summed E-state index contributed by atoms with van der Waals surface area (Å²) in [6.07, 6.45) is -0.362. The number of alkyl halides is 3. The molecule has 0 unspecified atom stereocenters. The summed E-state index contributed by atoms with van der Waals surface area (Å²) < 4.78 is 53.8. The second-order valence-electron chi connectivity index (χ2n) is 5.06. The fourth-order valence-electron chi connectivity index (χ4n) is 2.01. The van der Waals surface area contributed by atoms with Gasteiger partial charge in [0.1, 0.15) is 0 Å². The van der Waals surface area contributed by atoms with Crippen molar-refractivity contribution in [3.05, 3.63) is 46.3 Å². The zero-order valence-electron chi connectivity index (χ0n) is 13.3. The Morgan fingerprint density at radius 2 is 2.12 bits per heavy atom. The minimum absolute atomic E-state index is 0.0619. The minimum Gasteiger partial charge on any atom is -0.272 e. The van der Waals surface area contributed by atoms with Crippen LogP contribution in [0.2, 0.25) is 0 Å². The number of hydrazone groups is 1. The molecule has 1 N–H and O–H groups in total. The van der Waals surface area contributed by atoms with Gasteiger partial charge >= 0.3 is 6.18 Å². The van der Waals surface area contributed by atoms with E-state index in [2.05, 4.69) is 25.6 Å². The van der Waals surface area contributed by atoms with Gasteiger partial charge in [-0.05, 0) is 25.1 Å². The summed E-state index contributed by atoms with van der Waals surface area (Å²) in [7, 11) is 0. The first-order valence-corrected chi connectivity index (χ1v) is 8.20. The quantitative estimate of drug-likeness (QED) is 0.410. The lowest BCUT2D eigenvalue weighted by Gasteiger charge is -2.09. The molecule has 0 aliphatic carbocycles. The van der Waals surface area contributed by atoms with Gasteiger partial charge in [-0.25, -0.2) is 15.4 Å². The van der Waals surface area contributed by atoms with E-state index in [0.717, 1.165) is 17.4 Å². The van der Waals surface area contributed by atoms with Gasteiger partial charge in [-0.1, -0.05) is 0 Å². The van der Waals surface area contributed by atoms with Crippen molar-refractivity contribution in [1.29, 1.82) is 0 Å². The average molecular weight is 384 g/mol. The normalized spacial score (nSPS) is 12.0. The van der Waals surface area contributed by atoms with E-state index in [-0.39, 0.29) is 11.6 Å². The molecule has 3 rings (SSSR count). The molecule has 0 amide bonds. The van der Waals surface area contributed by atoms with Crippen LogP contribution in [-0.2, 0) is 12.7 Å². The van der Waals surface area contributed by atoms with Crippen LogP contribution in [0.25, 0.3) is 11.3 Å². The van der Waals surface area contributed by atoms with Crippen molar-refractivity contribution in [2.45, 2.75) is 19.6 Å². The first-order chi connectivity index (χ1) is 12.3. The lowest BCUT2D eigenvalue weighted by molar-refractivity contribution is -0.141. The lowest BCUT2D eigenvalue weighted by atomic mass is 10.2. The smallest absolute Gasteiger partial charge is 0.272 e. The van der Waals surface area contributed by atoms with Crippen molar-refractivity contribution < 1.29 is 17.6 Å². The molecule has 3 aromatic rings. The highest BCUT2D eigenvalue weighted by atomic mass is 32.1. The predicted molar refractivity (Wildman–Crippen MR) is 89.4 cm³/mol. The molecular weight excluding hydrogens is 372 g/mol. The molecule has 26 heavy (non-hydrogen) atoms. The van der Waals surface area contributed by atoms with Crippen molar-refractivity contribution in [2.75, 3.05) is 5.43 Å². The van der Waals surface area contributed by atoms with Crippen molar-refractivity contribution in [3.8, 4) is 11.3 Å². The van der Waals surface area contributed by atoms with Crippen molar-refractivity contribution >= 4 is 23.5 Å². The SMILES string of the molecule is CCn1cc(-c2cc(C(F)(F)F)nc(N/N=C\c3ccc(F)s3)n2)cn1. The van der Waals surface area contributed by atoms with Gasteiger partial charge in [0.05, 0.1) is 23.0 Å². The maximum atomic E-state index is 13.1. The Hall–Kier alpha value is -2.82. The maximum Gasteiger partial charge on any atom is 0.433 e. The highest BCUT2D eigenvalue weighted by Crippen LogP contribution is 2.31. The maximum absolute atomic E-state index is 13.1. The highest BCUT2D eigenvalue weighted by Gasteiger charge is 2.34. The van der Waals surface area contributed by atoms with Crippen LogP contribution in [0, 0.1) is 5.13 Å². The number of thiophene rings is 1. The number of rotatable bonds is 5. The van der Waals surface area contributed by atoms with E-state index in [1.54, 1.807) is 10.9 Å². The van der Waals surface area contributed by atoms with E-state index in [0.29, 0.717) is 17.0 Å². The largest absolute Gasteiger partial charge is 0.433 e. The van der Waals surface area contributed by atoms with Crippen LogP contribution in [0.3, 0.4) is 0 Å². The Morgan fingerprint density at radius 3 is 2.73 bits per heavy atom. The third kappa shape index (κ3) is 4.23. The molecule has 0 aliphatic heterocycles. The molecule has 0 aliphatic rings. The molecule has 11 heteroatoms. The molecular formula is C15H12F4N6S. The van der Waals surface area contributed by atoms with Crippen molar-refractivity contribution in [1.82, 2.24) is 19.7 Å². The van der Waals surface area contributed by atoms with Crippen LogP contribution in [0.5, 0.6) is 0 Å². The molecule has 0 bridgehead atoms. The summed E-state index contributed by atoms with van der Waals surface area (Å²) in [5, 5.41) is 7.40. The molecule has 0 saturated carbocycles. The fourth-order valence-corrected chi connectivity index (χ4v) is 2.61. The standard InChI is InChI=1S/C15H12F4N6S/c1-2-25-8-9(6-21-25)11-5-12(15(17,18)19)23-14(22-11)24-20-7-10-3-4-13(16)26-10/h3-8H,2H2,1H3,(H,22,23,24)/b20-7-. The topological polar surface area (TPSA) is 68.0 Å². The second-order valence-corrected chi connectivity index (χ2v) is 6.12. The van der Waals surface area contributed by atoms with Crippen LogP contribution in [-0.4, -0.2) is 26.0 Å². The van der Waals surface area contributed by atoms with Gasteiger partial charge < -0.3 is 0 Å². The van der Waals surface area contributed by atoms with E-state index in [1.807, 2.05) is 6.92 Å². The number of aromatic nitrogens is 4. The first kappa shape index (κ1) is 18.0. The molecule has 136 valence electrons. The van der Waals surface area contributed by atoms with Crippen LogP contribution in [0.15, 0.2) is 35.7 Å². The first-order valence-electron chi connectivity index (χ1n) is 7.38. The average Bonchev–Trinajstić information content (AvgIpc) is 3.23. The van der Waals surface area contributed by atoms with Crippen LogP contribution in [0.1, 0.15) is 17.5 Å². The van der Waals surface area contributed by atoms with E-state index in [9.17, 15) is 17.6 Å². The predicted octanol–water partition coefficient (Wildman–Crippen LogP) is 4.03. The molecule has 6 nitrogen and oxygen atoms in total. The van der Waals surface area contributed by atoms with Crippen LogP contribution >= 0.6 is 11.3 Å². The monoisotopic (exact) mass is 384 g/mol. The summed E-state index contributed by atoms with van der Waals surface area (Å²) in [4.78, 5) is 7.97. The number of anilines is 1. The third-order valence-corrected chi connectivity index (χ3v) is 4.03. The molecule has 3 aromatic heterocycles. The van der Waals surface area contributed by atoms with Gasteiger partial charge in [-0.3, -0.25) is 4.68 Å². The second kappa shape index (κ2) is 7.20. The number of hydrogen-bond donors (Lipinski definition) is 1. The highest BCUT2D eigenvalue weighted by molar-refractivity contribution is 7.12. The van der Waals surface area contributed by atoms with E-state index in [1.165, 1.54) is 24.5 Å². The molecule has 0 fully saturated rings. The molecule has 0 spiro atoms. The van der Waals surface area contributed by atoms with Gasteiger partial charge in [0.2, 0.25) is 5.95 Å². The Bertz CT molecular complexity index is 930. The number of aryl methyl sites for hydroxylation is 1.